The van der Waals surface area contributed by atoms with Gasteiger partial charge in [-0.05, 0) is 12.8 Å². The van der Waals surface area contributed by atoms with Gasteiger partial charge in [0.05, 0.1) is 5.41 Å². The standard InChI is InChI=1S/C14H25N3O2/c1-7-14(8-2,12(18)19)9-10-15-11(13(3,4)5)16-17(10)6/h7-9H2,1-6H3,(H,18,19). The van der Waals surface area contributed by atoms with E-state index in [0.29, 0.717) is 19.3 Å². The first-order chi connectivity index (χ1) is 8.66. The fraction of sp³-hybridized carbons (Fsp3) is 0.786. The molecule has 0 radical (unpaired) electrons. The van der Waals surface area contributed by atoms with E-state index in [4.69, 9.17) is 0 Å². The zero-order valence-corrected chi connectivity index (χ0v) is 12.8. The molecule has 0 unspecified atom stereocenters. The summed E-state index contributed by atoms with van der Waals surface area (Å²) in [6.45, 7) is 9.99. The summed E-state index contributed by atoms with van der Waals surface area (Å²) in [4.78, 5) is 16.1. The highest BCUT2D eigenvalue weighted by Crippen LogP contribution is 2.31. The third-order valence-electron chi connectivity index (χ3n) is 3.83. The lowest BCUT2D eigenvalue weighted by molar-refractivity contribution is -0.149. The Morgan fingerprint density at radius 1 is 1.26 bits per heavy atom. The molecule has 1 N–H and O–H groups in total. The van der Waals surface area contributed by atoms with Gasteiger partial charge in [0.1, 0.15) is 5.82 Å². The van der Waals surface area contributed by atoms with Gasteiger partial charge in [-0.2, -0.15) is 5.10 Å². The minimum atomic E-state index is -0.752. The van der Waals surface area contributed by atoms with Gasteiger partial charge in [-0.1, -0.05) is 34.6 Å². The van der Waals surface area contributed by atoms with Crippen molar-refractivity contribution < 1.29 is 9.90 Å². The summed E-state index contributed by atoms with van der Waals surface area (Å²) in [6.07, 6.45) is 1.61. The van der Waals surface area contributed by atoms with E-state index >= 15 is 0 Å². The van der Waals surface area contributed by atoms with Crippen LogP contribution in [0.5, 0.6) is 0 Å². The van der Waals surface area contributed by atoms with Crippen molar-refractivity contribution in [2.24, 2.45) is 12.5 Å². The summed E-state index contributed by atoms with van der Waals surface area (Å²) >= 11 is 0. The van der Waals surface area contributed by atoms with Crippen molar-refractivity contribution in [3.05, 3.63) is 11.6 Å². The van der Waals surface area contributed by atoms with E-state index in [2.05, 4.69) is 30.9 Å². The molecule has 1 heterocycles. The molecule has 0 aromatic carbocycles. The van der Waals surface area contributed by atoms with Crippen molar-refractivity contribution in [2.45, 2.75) is 59.3 Å². The van der Waals surface area contributed by atoms with Crippen molar-refractivity contribution in [2.75, 3.05) is 0 Å². The van der Waals surface area contributed by atoms with Crippen molar-refractivity contribution in [3.8, 4) is 0 Å². The summed E-state index contributed by atoms with van der Waals surface area (Å²) in [5.41, 5.74) is -0.865. The van der Waals surface area contributed by atoms with Crippen LogP contribution in [0.4, 0.5) is 0 Å². The Bertz CT molecular complexity index is 454. The quantitative estimate of drug-likeness (QED) is 0.890. The second-order valence-electron chi connectivity index (χ2n) is 6.19. The molecule has 0 saturated carbocycles. The van der Waals surface area contributed by atoms with E-state index in [0.717, 1.165) is 11.6 Å². The minimum absolute atomic E-state index is 0.125. The number of rotatable bonds is 5. The van der Waals surface area contributed by atoms with Crippen LogP contribution in [-0.2, 0) is 23.7 Å². The van der Waals surface area contributed by atoms with Gasteiger partial charge in [0.15, 0.2) is 5.82 Å². The summed E-state index contributed by atoms with van der Waals surface area (Å²) < 4.78 is 1.71. The van der Waals surface area contributed by atoms with E-state index < -0.39 is 11.4 Å². The summed E-state index contributed by atoms with van der Waals surface area (Å²) in [6, 6.07) is 0. The molecular weight excluding hydrogens is 242 g/mol. The molecule has 5 heteroatoms. The Morgan fingerprint density at radius 2 is 1.79 bits per heavy atom. The van der Waals surface area contributed by atoms with Crippen LogP contribution < -0.4 is 0 Å². The smallest absolute Gasteiger partial charge is 0.310 e. The van der Waals surface area contributed by atoms with Crippen LogP contribution in [0.2, 0.25) is 0 Å². The molecule has 0 spiro atoms. The SMILES string of the molecule is CCC(CC)(Cc1nc(C(C)(C)C)nn1C)C(=O)O. The highest BCUT2D eigenvalue weighted by atomic mass is 16.4. The van der Waals surface area contributed by atoms with Crippen molar-refractivity contribution >= 4 is 5.97 Å². The molecule has 1 rings (SSSR count). The number of nitrogens with zero attached hydrogens (tertiary/aromatic N) is 3. The lowest BCUT2D eigenvalue weighted by Gasteiger charge is -2.25. The van der Waals surface area contributed by atoms with E-state index in [1.165, 1.54) is 0 Å². The molecular formula is C14H25N3O2. The average molecular weight is 267 g/mol. The van der Waals surface area contributed by atoms with Crippen LogP contribution in [0.3, 0.4) is 0 Å². The van der Waals surface area contributed by atoms with Gasteiger partial charge in [-0.15, -0.1) is 0 Å². The molecule has 0 amide bonds. The van der Waals surface area contributed by atoms with Gasteiger partial charge in [0.25, 0.3) is 0 Å². The van der Waals surface area contributed by atoms with E-state index in [1.807, 2.05) is 20.9 Å². The number of carboxylic acid groups (broad SMARTS) is 1. The average Bonchev–Trinajstić information content (AvgIpc) is 2.67. The maximum Gasteiger partial charge on any atom is 0.310 e. The summed E-state index contributed by atoms with van der Waals surface area (Å²) in [7, 11) is 1.83. The molecule has 0 aliphatic carbocycles. The zero-order valence-electron chi connectivity index (χ0n) is 12.8. The number of aryl methyl sites for hydroxylation is 1. The van der Waals surface area contributed by atoms with Crippen LogP contribution in [0.15, 0.2) is 0 Å². The molecule has 1 aromatic rings. The Balaban J connectivity index is 3.11. The third-order valence-corrected chi connectivity index (χ3v) is 3.83. The molecule has 0 atom stereocenters. The monoisotopic (exact) mass is 267 g/mol. The third kappa shape index (κ3) is 3.14. The Morgan fingerprint density at radius 3 is 2.11 bits per heavy atom. The number of hydrogen-bond donors (Lipinski definition) is 1. The number of carbonyl (C=O) groups is 1. The largest absolute Gasteiger partial charge is 0.481 e. The summed E-state index contributed by atoms with van der Waals surface area (Å²) in [5, 5.41) is 13.9. The number of hydrogen-bond acceptors (Lipinski definition) is 3. The Labute approximate surface area is 115 Å². The fourth-order valence-corrected chi connectivity index (χ4v) is 2.07. The first-order valence-electron chi connectivity index (χ1n) is 6.80. The normalized spacial score (nSPS) is 12.7. The van der Waals surface area contributed by atoms with Gasteiger partial charge in [-0.3, -0.25) is 9.48 Å². The maximum absolute atomic E-state index is 11.5. The van der Waals surface area contributed by atoms with E-state index in [-0.39, 0.29) is 5.41 Å². The zero-order chi connectivity index (χ0) is 14.8. The van der Waals surface area contributed by atoms with Crippen LogP contribution in [0, 0.1) is 5.41 Å². The lowest BCUT2D eigenvalue weighted by atomic mass is 9.79. The molecule has 0 bridgehead atoms. The van der Waals surface area contributed by atoms with Gasteiger partial charge in [-0.25, -0.2) is 4.98 Å². The number of aliphatic carboxylic acids is 1. The maximum atomic E-state index is 11.5. The van der Waals surface area contributed by atoms with E-state index in [9.17, 15) is 9.90 Å². The van der Waals surface area contributed by atoms with Gasteiger partial charge >= 0.3 is 5.97 Å². The van der Waals surface area contributed by atoms with Crippen LogP contribution in [-0.4, -0.2) is 25.8 Å². The predicted molar refractivity (Wildman–Crippen MR) is 74.1 cm³/mol. The van der Waals surface area contributed by atoms with Crippen LogP contribution in [0.25, 0.3) is 0 Å². The van der Waals surface area contributed by atoms with Crippen molar-refractivity contribution in [1.29, 1.82) is 0 Å². The number of aromatic nitrogens is 3. The van der Waals surface area contributed by atoms with Crippen molar-refractivity contribution in [1.82, 2.24) is 14.8 Å². The Hall–Kier alpha value is -1.39. The van der Waals surface area contributed by atoms with E-state index in [1.54, 1.807) is 4.68 Å². The second-order valence-corrected chi connectivity index (χ2v) is 6.19. The predicted octanol–water partition coefficient (Wildman–Crippen LogP) is 2.55. The molecule has 5 nitrogen and oxygen atoms in total. The first-order valence-corrected chi connectivity index (χ1v) is 6.80. The van der Waals surface area contributed by atoms with Crippen LogP contribution in [0.1, 0.15) is 59.1 Å². The topological polar surface area (TPSA) is 68.0 Å². The second kappa shape index (κ2) is 5.31. The van der Waals surface area contributed by atoms with Crippen molar-refractivity contribution in [3.63, 3.8) is 0 Å². The van der Waals surface area contributed by atoms with Crippen LogP contribution >= 0.6 is 0 Å². The molecule has 108 valence electrons. The fourth-order valence-electron chi connectivity index (χ4n) is 2.07. The van der Waals surface area contributed by atoms with Gasteiger partial charge in [0, 0.05) is 18.9 Å². The highest BCUT2D eigenvalue weighted by Gasteiger charge is 2.37. The van der Waals surface area contributed by atoms with Gasteiger partial charge < -0.3 is 5.11 Å². The molecule has 1 aromatic heterocycles. The number of carboxylic acids is 1. The Kier molecular flexibility index (Phi) is 4.38. The molecule has 0 aliphatic heterocycles. The summed E-state index contributed by atoms with van der Waals surface area (Å²) in [5.74, 6) is 0.755. The first kappa shape index (κ1) is 15.7. The molecule has 0 aliphatic rings. The lowest BCUT2D eigenvalue weighted by Crippen LogP contribution is -2.33. The highest BCUT2D eigenvalue weighted by molar-refractivity contribution is 5.74. The van der Waals surface area contributed by atoms with Gasteiger partial charge in [0.2, 0.25) is 0 Å². The minimum Gasteiger partial charge on any atom is -0.481 e. The molecule has 0 saturated heterocycles. The molecule has 0 fully saturated rings. The molecule has 19 heavy (non-hydrogen) atoms.